The van der Waals surface area contributed by atoms with E-state index in [4.69, 9.17) is 5.73 Å². The quantitative estimate of drug-likeness (QED) is 0.904. The van der Waals surface area contributed by atoms with E-state index in [2.05, 4.69) is 43.9 Å². The van der Waals surface area contributed by atoms with Gasteiger partial charge in [0.1, 0.15) is 0 Å². The van der Waals surface area contributed by atoms with Crippen LogP contribution in [0.4, 0.5) is 5.69 Å². The van der Waals surface area contributed by atoms with Gasteiger partial charge in [-0.05, 0) is 43.5 Å². The second-order valence-electron chi connectivity index (χ2n) is 6.27. The Balaban J connectivity index is 1.67. The summed E-state index contributed by atoms with van der Waals surface area (Å²) in [5.41, 5.74) is 8.52. The van der Waals surface area contributed by atoms with Crippen LogP contribution in [0.5, 0.6) is 0 Å². The van der Waals surface area contributed by atoms with Gasteiger partial charge in [-0.1, -0.05) is 34.8 Å². The van der Waals surface area contributed by atoms with Crippen molar-refractivity contribution >= 4 is 21.6 Å². The first-order valence-electron chi connectivity index (χ1n) is 8.25. The van der Waals surface area contributed by atoms with Crippen molar-refractivity contribution in [3.05, 3.63) is 28.2 Å². The molecule has 0 spiro atoms. The minimum absolute atomic E-state index is 0.719. The first kappa shape index (κ1) is 15.3. The zero-order valence-corrected chi connectivity index (χ0v) is 14.3. The Morgan fingerprint density at radius 1 is 1.10 bits per heavy atom. The lowest BCUT2D eigenvalue weighted by atomic mass is 10.1. The summed E-state index contributed by atoms with van der Waals surface area (Å²) in [6.45, 7) is 5.42. The van der Waals surface area contributed by atoms with Gasteiger partial charge in [0.25, 0.3) is 0 Å². The summed E-state index contributed by atoms with van der Waals surface area (Å²) in [6.07, 6.45) is 6.64. The molecule has 3 rings (SSSR count). The number of hydrogen-bond donors (Lipinski definition) is 1. The van der Waals surface area contributed by atoms with Gasteiger partial charge in [0.15, 0.2) is 0 Å². The van der Waals surface area contributed by atoms with Crippen molar-refractivity contribution in [1.29, 1.82) is 0 Å². The number of benzene rings is 1. The molecule has 2 N–H and O–H groups in total. The van der Waals surface area contributed by atoms with Crippen molar-refractivity contribution in [3.63, 3.8) is 0 Å². The number of piperazine rings is 1. The van der Waals surface area contributed by atoms with Crippen molar-refractivity contribution in [2.45, 2.75) is 38.1 Å². The van der Waals surface area contributed by atoms with E-state index in [9.17, 15) is 0 Å². The molecule has 1 aliphatic heterocycles. The smallest absolute Gasteiger partial charge is 0.0411 e. The van der Waals surface area contributed by atoms with Crippen molar-refractivity contribution < 1.29 is 0 Å². The van der Waals surface area contributed by atoms with Crippen molar-refractivity contribution in [2.75, 3.05) is 37.6 Å². The average Bonchev–Trinajstić information content (AvgIpc) is 3.04. The van der Waals surface area contributed by atoms with Gasteiger partial charge in [-0.3, -0.25) is 4.90 Å². The number of nitrogens with two attached hydrogens (primary N) is 1. The standard InChI is InChI=1S/C17H26BrN3/c18-15-6-5-14(7-8-19)17(13-15)21-11-9-20(10-12-21)16-3-1-2-4-16/h5-6,13,16H,1-4,7-12,19H2. The van der Waals surface area contributed by atoms with Gasteiger partial charge in [0.2, 0.25) is 0 Å². The molecule has 0 bridgehead atoms. The Morgan fingerprint density at radius 2 is 1.81 bits per heavy atom. The summed E-state index contributed by atoms with van der Waals surface area (Å²) in [4.78, 5) is 5.26. The number of anilines is 1. The molecule has 0 radical (unpaired) electrons. The molecule has 0 unspecified atom stereocenters. The fourth-order valence-corrected chi connectivity index (χ4v) is 4.14. The first-order chi connectivity index (χ1) is 10.3. The minimum atomic E-state index is 0.719. The molecule has 4 heteroatoms. The van der Waals surface area contributed by atoms with E-state index in [1.54, 1.807) is 0 Å². The van der Waals surface area contributed by atoms with Gasteiger partial charge in [-0.25, -0.2) is 0 Å². The molecule has 0 amide bonds. The molecule has 3 nitrogen and oxygen atoms in total. The Kier molecular flexibility index (Phi) is 5.19. The molecule has 0 aromatic heterocycles. The molecule has 1 aromatic rings. The zero-order chi connectivity index (χ0) is 14.7. The van der Waals surface area contributed by atoms with Crippen LogP contribution < -0.4 is 10.6 Å². The third-order valence-electron chi connectivity index (χ3n) is 4.96. The summed E-state index contributed by atoms with van der Waals surface area (Å²) >= 11 is 3.61. The van der Waals surface area contributed by atoms with Crippen molar-refractivity contribution in [2.24, 2.45) is 5.73 Å². The summed E-state index contributed by atoms with van der Waals surface area (Å²) in [6, 6.07) is 7.47. The number of hydrogen-bond acceptors (Lipinski definition) is 3. The molecule has 21 heavy (non-hydrogen) atoms. The van der Waals surface area contributed by atoms with Crippen LogP contribution in [0.2, 0.25) is 0 Å². The van der Waals surface area contributed by atoms with Gasteiger partial charge >= 0.3 is 0 Å². The van der Waals surface area contributed by atoms with Crippen LogP contribution in [-0.4, -0.2) is 43.7 Å². The molecule has 2 aliphatic rings. The monoisotopic (exact) mass is 351 g/mol. The second-order valence-corrected chi connectivity index (χ2v) is 7.19. The largest absolute Gasteiger partial charge is 0.369 e. The fraction of sp³-hybridized carbons (Fsp3) is 0.647. The Morgan fingerprint density at radius 3 is 2.48 bits per heavy atom. The predicted molar refractivity (Wildman–Crippen MR) is 92.9 cm³/mol. The highest BCUT2D eigenvalue weighted by Crippen LogP contribution is 2.29. The summed E-state index contributed by atoms with van der Waals surface area (Å²) in [5.74, 6) is 0. The predicted octanol–water partition coefficient (Wildman–Crippen LogP) is 3.01. The van der Waals surface area contributed by atoms with E-state index < -0.39 is 0 Å². The lowest BCUT2D eigenvalue weighted by Gasteiger charge is -2.40. The maximum atomic E-state index is 5.76. The third kappa shape index (κ3) is 3.61. The van der Waals surface area contributed by atoms with Crippen LogP contribution in [-0.2, 0) is 6.42 Å². The molecule has 1 saturated carbocycles. The van der Waals surface area contributed by atoms with Gasteiger partial charge in [0, 0.05) is 42.4 Å². The van der Waals surface area contributed by atoms with E-state index in [0.717, 1.165) is 36.6 Å². The molecule has 1 saturated heterocycles. The van der Waals surface area contributed by atoms with Gasteiger partial charge in [-0.2, -0.15) is 0 Å². The van der Waals surface area contributed by atoms with Gasteiger partial charge in [0.05, 0.1) is 0 Å². The molecule has 1 heterocycles. The Bertz CT molecular complexity index is 463. The highest BCUT2D eigenvalue weighted by atomic mass is 79.9. The zero-order valence-electron chi connectivity index (χ0n) is 12.7. The second kappa shape index (κ2) is 7.12. The van der Waals surface area contributed by atoms with Crippen LogP contribution >= 0.6 is 15.9 Å². The molecule has 1 aliphatic carbocycles. The lowest BCUT2D eigenvalue weighted by Crippen LogP contribution is -2.50. The number of rotatable bonds is 4. The summed E-state index contributed by atoms with van der Waals surface area (Å²) in [5, 5.41) is 0. The topological polar surface area (TPSA) is 32.5 Å². The highest BCUT2D eigenvalue weighted by Gasteiger charge is 2.26. The summed E-state index contributed by atoms with van der Waals surface area (Å²) < 4.78 is 1.16. The third-order valence-corrected chi connectivity index (χ3v) is 5.45. The Hall–Kier alpha value is -0.580. The lowest BCUT2D eigenvalue weighted by molar-refractivity contribution is 0.187. The van der Waals surface area contributed by atoms with E-state index in [-0.39, 0.29) is 0 Å². The summed E-state index contributed by atoms with van der Waals surface area (Å²) in [7, 11) is 0. The number of nitrogens with zero attached hydrogens (tertiary/aromatic N) is 2. The van der Waals surface area contributed by atoms with Crippen LogP contribution in [0.25, 0.3) is 0 Å². The maximum absolute atomic E-state index is 5.76. The normalized spacial score (nSPS) is 21.1. The van der Waals surface area contributed by atoms with Crippen LogP contribution in [0.1, 0.15) is 31.2 Å². The van der Waals surface area contributed by atoms with E-state index in [1.165, 1.54) is 50.0 Å². The van der Waals surface area contributed by atoms with Gasteiger partial charge in [-0.15, -0.1) is 0 Å². The molecule has 116 valence electrons. The molecule has 1 aromatic carbocycles. The molecular formula is C17H26BrN3. The fourth-order valence-electron chi connectivity index (χ4n) is 3.80. The van der Waals surface area contributed by atoms with E-state index in [0.29, 0.717) is 0 Å². The van der Waals surface area contributed by atoms with Crippen LogP contribution in [0.15, 0.2) is 22.7 Å². The Labute approximate surface area is 136 Å². The van der Waals surface area contributed by atoms with Crippen LogP contribution in [0, 0.1) is 0 Å². The highest BCUT2D eigenvalue weighted by molar-refractivity contribution is 9.10. The molecular weight excluding hydrogens is 326 g/mol. The number of halogens is 1. The molecule has 0 atom stereocenters. The maximum Gasteiger partial charge on any atom is 0.0411 e. The average molecular weight is 352 g/mol. The first-order valence-corrected chi connectivity index (χ1v) is 9.05. The van der Waals surface area contributed by atoms with Crippen molar-refractivity contribution in [3.8, 4) is 0 Å². The van der Waals surface area contributed by atoms with Crippen LogP contribution in [0.3, 0.4) is 0 Å². The van der Waals surface area contributed by atoms with E-state index >= 15 is 0 Å². The van der Waals surface area contributed by atoms with Gasteiger partial charge < -0.3 is 10.6 Å². The SMILES string of the molecule is NCCc1ccc(Br)cc1N1CCN(C2CCCC2)CC1. The van der Waals surface area contributed by atoms with E-state index in [1.807, 2.05) is 0 Å². The minimum Gasteiger partial charge on any atom is -0.369 e. The molecule has 2 fully saturated rings. The van der Waals surface area contributed by atoms with Crippen molar-refractivity contribution in [1.82, 2.24) is 4.90 Å².